The van der Waals surface area contributed by atoms with Gasteiger partial charge in [0.25, 0.3) is 0 Å². The van der Waals surface area contributed by atoms with Crippen LogP contribution in [0.5, 0.6) is 0 Å². The van der Waals surface area contributed by atoms with Crippen LogP contribution >= 0.6 is 0 Å². The Bertz CT molecular complexity index is 2640. The molecule has 238 valence electrons. The molecule has 0 nitrogen and oxygen atoms in total. The zero-order chi connectivity index (χ0) is 33.6. The van der Waals surface area contributed by atoms with Gasteiger partial charge in [0.05, 0.1) is 0 Å². The van der Waals surface area contributed by atoms with Crippen molar-refractivity contribution in [2.75, 3.05) is 0 Å². The highest BCUT2D eigenvalue weighted by molar-refractivity contribution is 6.24. The van der Waals surface area contributed by atoms with Gasteiger partial charge in [0.2, 0.25) is 0 Å². The minimum atomic E-state index is 0.945. The minimum Gasteiger partial charge on any atom is -0.0805 e. The number of allylic oxidation sites excluding steroid dienone is 12. The quantitative estimate of drug-likeness (QED) is 0.168. The maximum Gasteiger partial charge on any atom is -0.00201 e. The molecular weight excluding hydrogens is 601 g/mol. The number of benzene rings is 7. The summed E-state index contributed by atoms with van der Waals surface area (Å²) in [6.07, 6.45) is 18.1. The van der Waals surface area contributed by atoms with Gasteiger partial charge in [-0.05, 0) is 120 Å². The summed E-state index contributed by atoms with van der Waals surface area (Å²) in [5, 5.41) is 10.2. The summed E-state index contributed by atoms with van der Waals surface area (Å²) in [7, 11) is 0. The molecule has 0 fully saturated rings. The Kier molecular flexibility index (Phi) is 7.51. The van der Waals surface area contributed by atoms with Gasteiger partial charge in [0.15, 0.2) is 0 Å². The van der Waals surface area contributed by atoms with E-state index in [1.54, 1.807) is 0 Å². The van der Waals surface area contributed by atoms with Crippen LogP contribution in [0.2, 0.25) is 0 Å². The Morgan fingerprint density at radius 1 is 0.440 bits per heavy atom. The molecule has 7 aromatic rings. The molecule has 0 heterocycles. The summed E-state index contributed by atoms with van der Waals surface area (Å²) in [6, 6.07) is 47.2. The molecule has 0 atom stereocenters. The first-order valence-electron chi connectivity index (χ1n) is 17.7. The van der Waals surface area contributed by atoms with E-state index in [4.69, 9.17) is 0 Å². The van der Waals surface area contributed by atoms with E-state index < -0.39 is 0 Å². The second kappa shape index (κ2) is 12.5. The molecule has 0 heteroatoms. The van der Waals surface area contributed by atoms with E-state index in [1.807, 2.05) is 0 Å². The molecule has 0 saturated carbocycles. The summed E-state index contributed by atoms with van der Waals surface area (Å²) < 4.78 is 0. The average molecular weight is 639 g/mol. The number of hydrogen-bond donors (Lipinski definition) is 0. The van der Waals surface area contributed by atoms with Gasteiger partial charge in [0.1, 0.15) is 0 Å². The molecule has 0 spiro atoms. The van der Waals surface area contributed by atoms with Gasteiger partial charge in [-0.15, -0.1) is 0 Å². The SMILES string of the molecule is CC1=CC(C2=CC=C(c3ccc(-c4c5ccccc5c(-c5ccc6ccccc6c5)c5ccccc45)c4ccccc34)C=C(C)C2)=CC=CC1. The molecular formula is C50H38. The molecule has 0 unspecified atom stereocenters. The average Bonchev–Trinajstić information content (AvgIpc) is 3.50. The van der Waals surface area contributed by atoms with Gasteiger partial charge in [-0.1, -0.05) is 175 Å². The van der Waals surface area contributed by atoms with Gasteiger partial charge in [-0.3, -0.25) is 0 Å². The Hall–Kier alpha value is -5.98. The third-order valence-corrected chi connectivity index (χ3v) is 10.4. The van der Waals surface area contributed by atoms with E-state index in [0.717, 1.165) is 12.8 Å². The first kappa shape index (κ1) is 30.1. The van der Waals surface area contributed by atoms with Crippen LogP contribution in [0.1, 0.15) is 32.3 Å². The zero-order valence-electron chi connectivity index (χ0n) is 28.6. The number of rotatable bonds is 4. The highest BCUT2D eigenvalue weighted by Crippen LogP contribution is 2.46. The lowest BCUT2D eigenvalue weighted by Gasteiger charge is -2.20. The smallest absolute Gasteiger partial charge is 0.00201 e. The molecule has 50 heavy (non-hydrogen) atoms. The molecule has 0 aromatic heterocycles. The van der Waals surface area contributed by atoms with Crippen LogP contribution in [0.4, 0.5) is 0 Å². The van der Waals surface area contributed by atoms with Crippen molar-refractivity contribution in [2.45, 2.75) is 26.7 Å². The summed E-state index contributed by atoms with van der Waals surface area (Å²) in [6.45, 7) is 4.49. The zero-order valence-corrected chi connectivity index (χ0v) is 28.6. The van der Waals surface area contributed by atoms with Crippen LogP contribution in [-0.2, 0) is 0 Å². The number of fused-ring (bicyclic) bond motifs is 4. The predicted octanol–water partition coefficient (Wildman–Crippen LogP) is 14.1. The van der Waals surface area contributed by atoms with Crippen molar-refractivity contribution < 1.29 is 0 Å². The molecule has 0 saturated heterocycles. The second-order valence-corrected chi connectivity index (χ2v) is 13.8. The van der Waals surface area contributed by atoms with Gasteiger partial charge >= 0.3 is 0 Å². The second-order valence-electron chi connectivity index (χ2n) is 13.8. The van der Waals surface area contributed by atoms with E-state index in [0.29, 0.717) is 0 Å². The predicted molar refractivity (Wildman–Crippen MR) is 217 cm³/mol. The molecule has 2 aliphatic carbocycles. The van der Waals surface area contributed by atoms with Crippen molar-refractivity contribution in [1.29, 1.82) is 0 Å². The van der Waals surface area contributed by atoms with Gasteiger partial charge in [0, 0.05) is 0 Å². The Balaban J connectivity index is 1.26. The van der Waals surface area contributed by atoms with E-state index in [1.165, 1.54) is 98.8 Å². The Labute approximate surface area is 294 Å². The largest absolute Gasteiger partial charge is 0.0805 e. The first-order valence-corrected chi connectivity index (χ1v) is 17.7. The lowest BCUT2D eigenvalue weighted by Crippen LogP contribution is -1.93. The summed E-state index contributed by atoms with van der Waals surface area (Å²) in [5.74, 6) is 0. The summed E-state index contributed by atoms with van der Waals surface area (Å²) in [4.78, 5) is 0. The summed E-state index contributed by atoms with van der Waals surface area (Å²) >= 11 is 0. The Morgan fingerprint density at radius 3 is 1.74 bits per heavy atom. The molecule has 2 aliphatic rings. The van der Waals surface area contributed by atoms with Crippen molar-refractivity contribution in [2.24, 2.45) is 0 Å². The lowest BCUT2D eigenvalue weighted by molar-refractivity contribution is 1.13. The van der Waals surface area contributed by atoms with Crippen molar-refractivity contribution >= 4 is 48.7 Å². The van der Waals surface area contributed by atoms with E-state index in [2.05, 4.69) is 184 Å². The highest BCUT2D eigenvalue weighted by Gasteiger charge is 2.20. The van der Waals surface area contributed by atoms with Crippen LogP contribution in [0.25, 0.3) is 70.9 Å². The van der Waals surface area contributed by atoms with Crippen LogP contribution < -0.4 is 0 Å². The molecule has 0 bridgehead atoms. The van der Waals surface area contributed by atoms with Crippen LogP contribution in [0.15, 0.2) is 192 Å². The van der Waals surface area contributed by atoms with Crippen LogP contribution in [0.3, 0.4) is 0 Å². The minimum absolute atomic E-state index is 0.945. The fourth-order valence-corrected chi connectivity index (χ4v) is 8.12. The third-order valence-electron chi connectivity index (χ3n) is 10.4. The molecule has 0 radical (unpaired) electrons. The molecule has 0 N–H and O–H groups in total. The Morgan fingerprint density at radius 2 is 1.02 bits per heavy atom. The lowest BCUT2D eigenvalue weighted by atomic mass is 9.83. The molecule has 0 aliphatic heterocycles. The fourth-order valence-electron chi connectivity index (χ4n) is 8.12. The highest BCUT2D eigenvalue weighted by atomic mass is 14.2. The molecule has 0 amide bonds. The topological polar surface area (TPSA) is 0 Å². The van der Waals surface area contributed by atoms with E-state index >= 15 is 0 Å². The standard InChI is InChI=1S/C50H38/c1-33-13-3-4-15-36(29-33)38-24-25-39(31-34(2)30-38)41-27-28-48(43-18-8-7-17-42(41)43)50-46-21-11-9-19-44(46)49(45-20-10-12-22-47(45)50)40-26-23-35-14-5-6-16-37(35)32-40/h3-12,14-29,31-32H,13,30H2,1-2H3. The van der Waals surface area contributed by atoms with Gasteiger partial charge in [-0.2, -0.15) is 0 Å². The van der Waals surface area contributed by atoms with Gasteiger partial charge < -0.3 is 0 Å². The monoisotopic (exact) mass is 638 g/mol. The van der Waals surface area contributed by atoms with Crippen molar-refractivity contribution in [3.8, 4) is 22.3 Å². The van der Waals surface area contributed by atoms with E-state index in [-0.39, 0.29) is 0 Å². The number of hydrogen-bond acceptors (Lipinski definition) is 0. The normalized spacial score (nSPS) is 15.0. The maximum absolute atomic E-state index is 2.39. The fraction of sp³-hybridized carbons (Fsp3) is 0.0800. The molecule has 9 rings (SSSR count). The van der Waals surface area contributed by atoms with Crippen LogP contribution in [0, 0.1) is 0 Å². The molecule has 7 aromatic carbocycles. The third kappa shape index (κ3) is 5.25. The summed E-state index contributed by atoms with van der Waals surface area (Å²) in [5.41, 5.74) is 13.1. The van der Waals surface area contributed by atoms with Crippen LogP contribution in [-0.4, -0.2) is 0 Å². The van der Waals surface area contributed by atoms with Crippen molar-refractivity contribution in [1.82, 2.24) is 0 Å². The maximum atomic E-state index is 2.39. The van der Waals surface area contributed by atoms with Crippen molar-refractivity contribution in [3.05, 3.63) is 198 Å². The van der Waals surface area contributed by atoms with E-state index in [9.17, 15) is 0 Å². The van der Waals surface area contributed by atoms with Crippen molar-refractivity contribution in [3.63, 3.8) is 0 Å². The van der Waals surface area contributed by atoms with Gasteiger partial charge in [-0.25, -0.2) is 0 Å². The first-order chi connectivity index (χ1) is 24.6.